The van der Waals surface area contributed by atoms with E-state index in [1.165, 1.54) is 5.39 Å². The maximum Gasteiger partial charge on any atom is 0.0902 e. The highest BCUT2D eigenvalue weighted by molar-refractivity contribution is 5.80. The van der Waals surface area contributed by atoms with Crippen molar-refractivity contribution in [2.45, 2.75) is 38.7 Å². The maximum absolute atomic E-state index is 10.8. The topological polar surface area (TPSA) is 36.0 Å². The molecule has 1 aromatic heterocycles. The molecule has 1 aliphatic rings. The molecule has 0 saturated heterocycles. The van der Waals surface area contributed by atoms with Gasteiger partial charge in [0.25, 0.3) is 0 Å². The van der Waals surface area contributed by atoms with Crippen LogP contribution < -0.4 is 0 Å². The summed E-state index contributed by atoms with van der Waals surface area (Å²) >= 11 is 0. The lowest BCUT2D eigenvalue weighted by Crippen LogP contribution is -2.23. The molecule has 3 rings (SSSR count). The first-order valence-electron chi connectivity index (χ1n) is 6.29. The van der Waals surface area contributed by atoms with E-state index in [4.69, 9.17) is 0 Å². The van der Waals surface area contributed by atoms with Gasteiger partial charge in [0.2, 0.25) is 0 Å². The Hall–Kier alpha value is -1.28. The second kappa shape index (κ2) is 3.36. The molecule has 1 aromatic carbocycles. The zero-order valence-corrected chi connectivity index (χ0v) is 10.5. The van der Waals surface area contributed by atoms with E-state index in [-0.39, 0.29) is 5.41 Å². The molecule has 1 unspecified atom stereocenters. The molecule has 0 aliphatic heterocycles. The standard InChI is InChI=1S/C15H19NO/c1-14(2)6-7-15(17,10-14)12-3-4-13-11(9-12)5-8-16-13/h3-5,8-9,16-17H,6-7,10H2,1-2H3. The Morgan fingerprint density at radius 2 is 2.00 bits per heavy atom. The lowest BCUT2D eigenvalue weighted by Gasteiger charge is -2.25. The van der Waals surface area contributed by atoms with E-state index < -0.39 is 5.60 Å². The highest BCUT2D eigenvalue weighted by Crippen LogP contribution is 2.49. The predicted octanol–water partition coefficient (Wildman–Crippen LogP) is 3.57. The van der Waals surface area contributed by atoms with Crippen LogP contribution in [0.2, 0.25) is 0 Å². The van der Waals surface area contributed by atoms with Crippen molar-refractivity contribution in [3.63, 3.8) is 0 Å². The van der Waals surface area contributed by atoms with Crippen LogP contribution in [0.25, 0.3) is 10.9 Å². The van der Waals surface area contributed by atoms with Crippen molar-refractivity contribution in [1.29, 1.82) is 0 Å². The average molecular weight is 229 g/mol. The van der Waals surface area contributed by atoms with Crippen LogP contribution in [0.4, 0.5) is 0 Å². The first-order chi connectivity index (χ1) is 7.99. The molecule has 1 saturated carbocycles. The first-order valence-corrected chi connectivity index (χ1v) is 6.29. The molecule has 1 aliphatic carbocycles. The summed E-state index contributed by atoms with van der Waals surface area (Å²) in [6.45, 7) is 4.47. The van der Waals surface area contributed by atoms with Gasteiger partial charge in [0.05, 0.1) is 5.60 Å². The lowest BCUT2D eigenvalue weighted by atomic mass is 9.85. The van der Waals surface area contributed by atoms with E-state index in [2.05, 4.69) is 43.1 Å². The van der Waals surface area contributed by atoms with Gasteiger partial charge in [-0.3, -0.25) is 0 Å². The number of hydrogen-bond acceptors (Lipinski definition) is 1. The second-order valence-electron chi connectivity index (χ2n) is 6.15. The minimum absolute atomic E-state index is 0.252. The number of benzene rings is 1. The van der Waals surface area contributed by atoms with Gasteiger partial charge < -0.3 is 10.1 Å². The monoisotopic (exact) mass is 229 g/mol. The van der Waals surface area contributed by atoms with Crippen LogP contribution in [0.1, 0.15) is 38.7 Å². The van der Waals surface area contributed by atoms with Crippen molar-refractivity contribution in [1.82, 2.24) is 4.98 Å². The van der Waals surface area contributed by atoms with Crippen LogP contribution in [0.3, 0.4) is 0 Å². The van der Waals surface area contributed by atoms with Crippen LogP contribution >= 0.6 is 0 Å². The molecule has 1 atom stereocenters. The molecule has 0 radical (unpaired) electrons. The van der Waals surface area contributed by atoms with Gasteiger partial charge in [-0.2, -0.15) is 0 Å². The van der Waals surface area contributed by atoms with Gasteiger partial charge in [0.1, 0.15) is 0 Å². The minimum Gasteiger partial charge on any atom is -0.385 e. The largest absolute Gasteiger partial charge is 0.385 e. The Balaban J connectivity index is 2.03. The zero-order valence-electron chi connectivity index (χ0n) is 10.5. The normalized spacial score (nSPS) is 27.7. The number of rotatable bonds is 1. The Kier molecular flexibility index (Phi) is 2.14. The summed E-state index contributed by atoms with van der Waals surface area (Å²) in [6.07, 6.45) is 4.76. The summed E-state index contributed by atoms with van der Waals surface area (Å²) in [5.74, 6) is 0. The molecular formula is C15H19NO. The summed E-state index contributed by atoms with van der Waals surface area (Å²) in [5, 5.41) is 12.0. The first kappa shape index (κ1) is 10.8. The van der Waals surface area contributed by atoms with Gasteiger partial charge in [-0.1, -0.05) is 19.9 Å². The number of aromatic amines is 1. The van der Waals surface area contributed by atoms with Gasteiger partial charge in [0.15, 0.2) is 0 Å². The number of aromatic nitrogens is 1. The van der Waals surface area contributed by atoms with Gasteiger partial charge in [0, 0.05) is 11.7 Å². The molecule has 2 nitrogen and oxygen atoms in total. The molecule has 17 heavy (non-hydrogen) atoms. The molecule has 0 spiro atoms. The van der Waals surface area contributed by atoms with Gasteiger partial charge in [-0.15, -0.1) is 0 Å². The fraction of sp³-hybridized carbons (Fsp3) is 0.467. The predicted molar refractivity (Wildman–Crippen MR) is 69.8 cm³/mol. The summed E-state index contributed by atoms with van der Waals surface area (Å²) in [6, 6.07) is 8.30. The highest BCUT2D eigenvalue weighted by atomic mass is 16.3. The third-order valence-corrected chi connectivity index (χ3v) is 4.08. The summed E-state index contributed by atoms with van der Waals surface area (Å²) in [5.41, 5.74) is 1.82. The summed E-state index contributed by atoms with van der Waals surface area (Å²) in [4.78, 5) is 3.18. The van der Waals surface area contributed by atoms with Crippen molar-refractivity contribution < 1.29 is 5.11 Å². The molecule has 90 valence electrons. The quantitative estimate of drug-likeness (QED) is 0.770. The molecule has 2 N–H and O–H groups in total. The Morgan fingerprint density at radius 3 is 2.71 bits per heavy atom. The Morgan fingerprint density at radius 1 is 1.18 bits per heavy atom. The Bertz CT molecular complexity index is 555. The third-order valence-electron chi connectivity index (χ3n) is 4.08. The van der Waals surface area contributed by atoms with E-state index in [0.29, 0.717) is 0 Å². The highest BCUT2D eigenvalue weighted by Gasteiger charge is 2.42. The van der Waals surface area contributed by atoms with Crippen LogP contribution in [-0.2, 0) is 5.60 Å². The van der Waals surface area contributed by atoms with Crippen LogP contribution in [-0.4, -0.2) is 10.1 Å². The van der Waals surface area contributed by atoms with Crippen LogP contribution in [0, 0.1) is 5.41 Å². The number of aliphatic hydroxyl groups is 1. The number of nitrogens with one attached hydrogen (secondary N) is 1. The number of H-pyrrole nitrogens is 1. The van der Waals surface area contributed by atoms with Crippen LogP contribution in [0.5, 0.6) is 0 Å². The average Bonchev–Trinajstić information content (AvgIpc) is 2.82. The fourth-order valence-electron chi connectivity index (χ4n) is 3.10. The molecule has 2 aromatic rings. The van der Waals surface area contributed by atoms with Crippen molar-refractivity contribution in [3.8, 4) is 0 Å². The molecule has 0 amide bonds. The van der Waals surface area contributed by atoms with E-state index in [1.54, 1.807) is 0 Å². The molecule has 0 bridgehead atoms. The van der Waals surface area contributed by atoms with Crippen molar-refractivity contribution in [2.75, 3.05) is 0 Å². The minimum atomic E-state index is -0.630. The van der Waals surface area contributed by atoms with Crippen molar-refractivity contribution in [3.05, 3.63) is 36.0 Å². The smallest absolute Gasteiger partial charge is 0.0902 e. The number of hydrogen-bond donors (Lipinski definition) is 2. The van der Waals surface area contributed by atoms with Gasteiger partial charge in [-0.05, 0) is 53.8 Å². The van der Waals surface area contributed by atoms with Gasteiger partial charge >= 0.3 is 0 Å². The Labute approximate surface area is 102 Å². The third kappa shape index (κ3) is 1.77. The summed E-state index contributed by atoms with van der Waals surface area (Å²) < 4.78 is 0. The molecule has 1 fully saturated rings. The molecular weight excluding hydrogens is 210 g/mol. The number of fused-ring (bicyclic) bond motifs is 1. The SMILES string of the molecule is CC1(C)CCC(O)(c2ccc3[nH]ccc3c2)C1. The molecule has 2 heteroatoms. The van der Waals surface area contributed by atoms with E-state index in [1.807, 2.05) is 6.20 Å². The zero-order chi connectivity index (χ0) is 12.1. The maximum atomic E-state index is 10.8. The lowest BCUT2D eigenvalue weighted by molar-refractivity contribution is 0.0340. The van der Waals surface area contributed by atoms with Gasteiger partial charge in [-0.25, -0.2) is 0 Å². The fourth-order valence-corrected chi connectivity index (χ4v) is 3.10. The van der Waals surface area contributed by atoms with Crippen molar-refractivity contribution in [2.24, 2.45) is 5.41 Å². The van der Waals surface area contributed by atoms with E-state index in [0.717, 1.165) is 30.3 Å². The summed E-state index contributed by atoms with van der Waals surface area (Å²) in [7, 11) is 0. The van der Waals surface area contributed by atoms with E-state index in [9.17, 15) is 5.11 Å². The van der Waals surface area contributed by atoms with Crippen LogP contribution in [0.15, 0.2) is 30.5 Å². The van der Waals surface area contributed by atoms with E-state index >= 15 is 0 Å². The van der Waals surface area contributed by atoms with Crippen molar-refractivity contribution >= 4 is 10.9 Å². The molecule has 1 heterocycles. The second-order valence-corrected chi connectivity index (χ2v) is 6.15.